The fourth-order valence-electron chi connectivity index (χ4n) is 2.90. The van der Waals surface area contributed by atoms with Crippen molar-refractivity contribution >= 4 is 40.5 Å². The summed E-state index contributed by atoms with van der Waals surface area (Å²) in [6, 6.07) is 11.5. The van der Waals surface area contributed by atoms with Gasteiger partial charge in [-0.05, 0) is 66.8 Å². The van der Waals surface area contributed by atoms with Gasteiger partial charge in [-0.3, -0.25) is 0 Å². The summed E-state index contributed by atoms with van der Waals surface area (Å²) in [6.07, 6.45) is 4.02. The molecule has 0 aromatic heterocycles. The van der Waals surface area contributed by atoms with Crippen LogP contribution in [0, 0.1) is 0 Å². The predicted octanol–water partition coefficient (Wildman–Crippen LogP) is 7.37. The van der Waals surface area contributed by atoms with Crippen molar-refractivity contribution in [3.63, 3.8) is 0 Å². The quantitative estimate of drug-likeness (QED) is 0.179. The van der Waals surface area contributed by atoms with E-state index in [-0.39, 0.29) is 4.49 Å². The number of nitrogens with zero attached hydrogens (tertiary/aromatic N) is 1. The van der Waals surface area contributed by atoms with Crippen LogP contribution >= 0.6 is 34.8 Å². The van der Waals surface area contributed by atoms with Crippen molar-refractivity contribution in [3.8, 4) is 11.5 Å². The molecule has 0 aliphatic heterocycles. The lowest BCUT2D eigenvalue weighted by Crippen LogP contribution is -2.07. The topological polar surface area (TPSA) is 40.0 Å². The van der Waals surface area contributed by atoms with E-state index in [0.29, 0.717) is 24.8 Å². The average molecular weight is 485 g/mol. The standard InChI is InChI=1S/C24H28Cl3NO3/c1-4-18-15-22(29-14-11-23(26)27)16-19(5-2)24(18)30-12-6-13-31-28-17(3)20-7-9-21(25)10-8-20/h7-11,15-16H,4-6,12-14H2,1-3H3. The van der Waals surface area contributed by atoms with Crippen LogP contribution in [0.1, 0.15) is 43.9 Å². The third kappa shape index (κ3) is 8.64. The smallest absolute Gasteiger partial charge is 0.125 e. The van der Waals surface area contributed by atoms with Crippen LogP contribution in [0.2, 0.25) is 5.02 Å². The predicted molar refractivity (Wildman–Crippen MR) is 130 cm³/mol. The summed E-state index contributed by atoms with van der Waals surface area (Å²) in [4.78, 5) is 5.44. The average Bonchev–Trinajstić information content (AvgIpc) is 2.76. The van der Waals surface area contributed by atoms with Crippen molar-refractivity contribution in [1.29, 1.82) is 0 Å². The molecular weight excluding hydrogens is 457 g/mol. The Labute approximate surface area is 199 Å². The van der Waals surface area contributed by atoms with Crippen molar-refractivity contribution in [3.05, 3.63) is 68.7 Å². The molecule has 0 aliphatic rings. The van der Waals surface area contributed by atoms with E-state index in [2.05, 4.69) is 19.0 Å². The Balaban J connectivity index is 1.88. The van der Waals surface area contributed by atoms with Gasteiger partial charge in [-0.25, -0.2) is 0 Å². The fourth-order valence-corrected chi connectivity index (χ4v) is 3.15. The highest BCUT2D eigenvalue weighted by atomic mass is 35.5. The number of ether oxygens (including phenoxy) is 2. The number of rotatable bonds is 12. The Morgan fingerprint density at radius 3 is 2.19 bits per heavy atom. The van der Waals surface area contributed by atoms with Crippen molar-refractivity contribution in [1.82, 2.24) is 0 Å². The number of hydrogen-bond acceptors (Lipinski definition) is 4. The molecule has 0 radical (unpaired) electrons. The van der Waals surface area contributed by atoms with Crippen molar-refractivity contribution < 1.29 is 14.3 Å². The van der Waals surface area contributed by atoms with Crippen LogP contribution in [-0.4, -0.2) is 25.5 Å². The van der Waals surface area contributed by atoms with Crippen LogP contribution in [0.5, 0.6) is 11.5 Å². The molecule has 0 saturated carbocycles. The van der Waals surface area contributed by atoms with E-state index in [9.17, 15) is 0 Å². The zero-order valence-electron chi connectivity index (χ0n) is 18.1. The maximum atomic E-state index is 6.10. The summed E-state index contributed by atoms with van der Waals surface area (Å²) >= 11 is 17.2. The van der Waals surface area contributed by atoms with Crippen molar-refractivity contribution in [2.24, 2.45) is 5.16 Å². The third-order valence-electron chi connectivity index (χ3n) is 4.56. The molecule has 0 fully saturated rings. The second-order valence-electron chi connectivity index (χ2n) is 6.80. The molecule has 2 aromatic rings. The van der Waals surface area contributed by atoms with Gasteiger partial charge in [-0.1, -0.05) is 65.9 Å². The lowest BCUT2D eigenvalue weighted by Gasteiger charge is -2.17. The van der Waals surface area contributed by atoms with Gasteiger partial charge in [0.05, 0.1) is 12.3 Å². The van der Waals surface area contributed by atoms with E-state index in [1.807, 2.05) is 43.3 Å². The Bertz CT molecular complexity index is 866. The molecule has 0 heterocycles. The highest BCUT2D eigenvalue weighted by molar-refractivity contribution is 6.55. The van der Waals surface area contributed by atoms with Crippen LogP contribution in [0.3, 0.4) is 0 Å². The van der Waals surface area contributed by atoms with E-state index < -0.39 is 0 Å². The normalized spacial score (nSPS) is 11.2. The Kier molecular flexibility index (Phi) is 11.1. The minimum Gasteiger partial charge on any atom is -0.493 e. The lowest BCUT2D eigenvalue weighted by atomic mass is 10.0. The molecule has 4 nitrogen and oxygen atoms in total. The number of hydrogen-bond donors (Lipinski definition) is 0. The molecule has 0 N–H and O–H groups in total. The highest BCUT2D eigenvalue weighted by Gasteiger charge is 2.11. The van der Waals surface area contributed by atoms with Gasteiger partial charge in [-0.2, -0.15) is 0 Å². The summed E-state index contributed by atoms with van der Waals surface area (Å²) in [6.45, 7) is 7.43. The first kappa shape index (κ1) is 25.4. The molecule has 31 heavy (non-hydrogen) atoms. The first-order valence-electron chi connectivity index (χ1n) is 10.3. The van der Waals surface area contributed by atoms with E-state index in [0.717, 1.165) is 53.2 Å². The summed E-state index contributed by atoms with van der Waals surface area (Å²) < 4.78 is 12.0. The van der Waals surface area contributed by atoms with E-state index in [4.69, 9.17) is 49.1 Å². The van der Waals surface area contributed by atoms with Gasteiger partial charge in [0, 0.05) is 11.4 Å². The first-order valence-corrected chi connectivity index (χ1v) is 11.4. The van der Waals surface area contributed by atoms with E-state index >= 15 is 0 Å². The van der Waals surface area contributed by atoms with Crippen molar-refractivity contribution in [2.45, 2.75) is 40.0 Å². The van der Waals surface area contributed by atoms with Gasteiger partial charge in [-0.15, -0.1) is 0 Å². The van der Waals surface area contributed by atoms with E-state index in [1.54, 1.807) is 6.08 Å². The molecule has 0 unspecified atom stereocenters. The molecule has 0 saturated heterocycles. The molecule has 168 valence electrons. The van der Waals surface area contributed by atoms with Crippen LogP contribution < -0.4 is 9.47 Å². The molecule has 0 amide bonds. The summed E-state index contributed by atoms with van der Waals surface area (Å²) in [5, 5.41) is 4.86. The molecule has 0 spiro atoms. The highest BCUT2D eigenvalue weighted by Crippen LogP contribution is 2.31. The van der Waals surface area contributed by atoms with Crippen LogP contribution in [0.15, 0.2) is 52.1 Å². The van der Waals surface area contributed by atoms with Gasteiger partial charge < -0.3 is 14.3 Å². The zero-order valence-corrected chi connectivity index (χ0v) is 20.4. The number of halogens is 3. The molecule has 0 atom stereocenters. The Morgan fingerprint density at radius 2 is 1.61 bits per heavy atom. The number of oxime groups is 1. The summed E-state index contributed by atoms with van der Waals surface area (Å²) in [5.41, 5.74) is 3.99. The van der Waals surface area contributed by atoms with Crippen molar-refractivity contribution in [2.75, 3.05) is 19.8 Å². The summed E-state index contributed by atoms with van der Waals surface area (Å²) in [7, 11) is 0. The lowest BCUT2D eigenvalue weighted by molar-refractivity contribution is 0.127. The van der Waals surface area contributed by atoms with Crippen LogP contribution in [-0.2, 0) is 17.7 Å². The van der Waals surface area contributed by atoms with Gasteiger partial charge in [0.1, 0.15) is 29.2 Å². The molecule has 0 bridgehead atoms. The second kappa shape index (κ2) is 13.5. The largest absolute Gasteiger partial charge is 0.493 e. The van der Waals surface area contributed by atoms with Gasteiger partial charge in [0.2, 0.25) is 0 Å². The van der Waals surface area contributed by atoms with Crippen LogP contribution in [0.4, 0.5) is 0 Å². The SMILES string of the molecule is CCc1cc(OCC=C(Cl)Cl)cc(CC)c1OCCCON=C(C)c1ccc(Cl)cc1. The fraction of sp³-hybridized carbons (Fsp3) is 0.375. The Morgan fingerprint density at radius 1 is 0.968 bits per heavy atom. The minimum absolute atomic E-state index is 0.196. The molecule has 2 rings (SSSR count). The summed E-state index contributed by atoms with van der Waals surface area (Å²) in [5.74, 6) is 1.70. The maximum Gasteiger partial charge on any atom is 0.125 e. The second-order valence-corrected chi connectivity index (χ2v) is 8.25. The minimum atomic E-state index is 0.196. The molecule has 7 heteroatoms. The molecular formula is C24H28Cl3NO3. The zero-order chi connectivity index (χ0) is 22.6. The third-order valence-corrected chi connectivity index (χ3v) is 5.12. The molecule has 0 aliphatic carbocycles. The van der Waals surface area contributed by atoms with Gasteiger partial charge >= 0.3 is 0 Å². The number of benzene rings is 2. The van der Waals surface area contributed by atoms with Crippen LogP contribution in [0.25, 0.3) is 0 Å². The maximum absolute atomic E-state index is 6.10. The van der Waals surface area contributed by atoms with Gasteiger partial charge in [0.15, 0.2) is 0 Å². The number of aryl methyl sites for hydroxylation is 2. The van der Waals surface area contributed by atoms with E-state index in [1.165, 1.54) is 0 Å². The Hall–Kier alpha value is -1.88. The monoisotopic (exact) mass is 483 g/mol. The molecule has 2 aromatic carbocycles. The van der Waals surface area contributed by atoms with Gasteiger partial charge in [0.25, 0.3) is 0 Å². The first-order chi connectivity index (χ1) is 14.9.